The molecule has 1 unspecified atom stereocenters. The molecule has 6 heteroatoms. The molecule has 106 valence electrons. The number of amides is 1. The predicted molar refractivity (Wildman–Crippen MR) is 81.4 cm³/mol. The zero-order chi connectivity index (χ0) is 14.4. The second-order valence-electron chi connectivity index (χ2n) is 4.29. The molecular formula is C13H17Cl2NO2S. The number of hydrogen-bond acceptors (Lipinski definition) is 3. The fourth-order valence-corrected chi connectivity index (χ4v) is 2.73. The number of aliphatic hydroxyl groups is 1. The van der Waals surface area contributed by atoms with Crippen molar-refractivity contribution in [3.05, 3.63) is 27.7 Å². The zero-order valence-electron chi connectivity index (χ0n) is 10.9. The molecule has 0 aliphatic heterocycles. The number of halogens is 2. The van der Waals surface area contributed by atoms with Crippen LogP contribution in [0.15, 0.2) is 17.0 Å². The first-order valence-electron chi connectivity index (χ1n) is 5.91. The van der Waals surface area contributed by atoms with Gasteiger partial charge < -0.3 is 10.4 Å². The second kappa shape index (κ2) is 8.00. The molecule has 0 heterocycles. The molecule has 1 aromatic rings. The lowest BCUT2D eigenvalue weighted by Gasteiger charge is -2.13. The van der Waals surface area contributed by atoms with Crippen LogP contribution in [0.5, 0.6) is 0 Å². The summed E-state index contributed by atoms with van der Waals surface area (Å²) in [6, 6.07) is 3.28. The van der Waals surface area contributed by atoms with Crippen LogP contribution in [-0.2, 0) is 0 Å². The van der Waals surface area contributed by atoms with Crippen LogP contribution in [0.3, 0.4) is 0 Å². The summed E-state index contributed by atoms with van der Waals surface area (Å²) in [6.07, 6.45) is 2.55. The number of carbonyl (C=O) groups excluding carboxylic acids is 1. The lowest BCUT2D eigenvalue weighted by atomic mass is 10.1. The minimum absolute atomic E-state index is 0.120. The number of benzene rings is 1. The van der Waals surface area contributed by atoms with Crippen molar-refractivity contribution in [2.24, 2.45) is 5.92 Å². The van der Waals surface area contributed by atoms with E-state index in [4.69, 9.17) is 28.3 Å². The number of thioether (sulfide) groups is 1. The summed E-state index contributed by atoms with van der Waals surface area (Å²) in [7, 11) is 0. The Balaban J connectivity index is 2.76. The molecule has 19 heavy (non-hydrogen) atoms. The first kappa shape index (κ1) is 16.6. The molecule has 0 bridgehead atoms. The quantitative estimate of drug-likeness (QED) is 0.789. The van der Waals surface area contributed by atoms with Crippen molar-refractivity contribution in [3.8, 4) is 0 Å². The van der Waals surface area contributed by atoms with E-state index in [9.17, 15) is 4.79 Å². The van der Waals surface area contributed by atoms with Gasteiger partial charge in [-0.3, -0.25) is 4.79 Å². The maximum atomic E-state index is 12.0. The first-order valence-corrected chi connectivity index (χ1v) is 7.89. The average Bonchev–Trinajstić information content (AvgIpc) is 2.36. The van der Waals surface area contributed by atoms with Crippen LogP contribution in [0.25, 0.3) is 0 Å². The topological polar surface area (TPSA) is 49.3 Å². The number of carbonyl (C=O) groups is 1. The van der Waals surface area contributed by atoms with Gasteiger partial charge in [-0.1, -0.05) is 30.1 Å². The second-order valence-corrected chi connectivity index (χ2v) is 5.96. The number of rotatable bonds is 6. The van der Waals surface area contributed by atoms with Gasteiger partial charge in [-0.2, -0.15) is 0 Å². The molecule has 1 aromatic carbocycles. The third kappa shape index (κ3) is 4.88. The number of nitrogens with one attached hydrogen (secondary N) is 1. The van der Waals surface area contributed by atoms with E-state index in [0.29, 0.717) is 28.6 Å². The molecule has 0 radical (unpaired) electrons. The van der Waals surface area contributed by atoms with Crippen molar-refractivity contribution >= 4 is 40.9 Å². The molecule has 1 rings (SSSR count). The van der Waals surface area contributed by atoms with E-state index in [2.05, 4.69) is 5.32 Å². The maximum Gasteiger partial charge on any atom is 0.252 e. The summed E-state index contributed by atoms with van der Waals surface area (Å²) >= 11 is 13.5. The molecule has 0 saturated heterocycles. The predicted octanol–water partition coefficient (Wildman–Crippen LogP) is 3.46. The van der Waals surface area contributed by atoms with Crippen molar-refractivity contribution in [2.45, 2.75) is 18.2 Å². The highest BCUT2D eigenvalue weighted by atomic mass is 35.5. The molecular weight excluding hydrogens is 305 g/mol. The normalized spacial score (nSPS) is 12.3. The van der Waals surface area contributed by atoms with Gasteiger partial charge in [0.25, 0.3) is 5.91 Å². The Morgan fingerprint density at radius 3 is 2.68 bits per heavy atom. The monoisotopic (exact) mass is 321 g/mol. The molecule has 0 aromatic heterocycles. The standard InChI is InChI=1S/C13H17Cl2NO2S/c1-8(3-4-17)7-16-13(18)9-5-12(19-2)11(15)6-10(9)14/h5-6,8,17H,3-4,7H2,1-2H3,(H,16,18). The highest BCUT2D eigenvalue weighted by Crippen LogP contribution is 2.31. The molecule has 1 atom stereocenters. The van der Waals surface area contributed by atoms with Crippen molar-refractivity contribution < 1.29 is 9.90 Å². The summed E-state index contributed by atoms with van der Waals surface area (Å²) in [6.45, 7) is 2.59. The molecule has 2 N–H and O–H groups in total. The molecule has 0 aliphatic carbocycles. The van der Waals surface area contributed by atoms with Crippen molar-refractivity contribution in [1.29, 1.82) is 0 Å². The first-order chi connectivity index (χ1) is 8.99. The van der Waals surface area contributed by atoms with Crippen LogP contribution in [0.2, 0.25) is 10.0 Å². The van der Waals surface area contributed by atoms with Crippen LogP contribution in [0.1, 0.15) is 23.7 Å². The minimum atomic E-state index is -0.221. The molecule has 1 amide bonds. The number of aliphatic hydroxyl groups excluding tert-OH is 1. The van der Waals surface area contributed by atoms with Gasteiger partial charge in [-0.05, 0) is 30.7 Å². The molecule has 0 saturated carbocycles. The highest BCUT2D eigenvalue weighted by Gasteiger charge is 2.14. The third-order valence-corrected chi connectivity index (χ3v) is 4.23. The Kier molecular flexibility index (Phi) is 7.00. The molecule has 0 spiro atoms. The Labute approximate surface area is 127 Å². The molecule has 0 fully saturated rings. The van der Waals surface area contributed by atoms with Crippen LogP contribution >= 0.6 is 35.0 Å². The zero-order valence-corrected chi connectivity index (χ0v) is 13.2. The SMILES string of the molecule is CSc1cc(C(=O)NCC(C)CCO)c(Cl)cc1Cl. The van der Waals surface area contributed by atoms with Gasteiger partial charge >= 0.3 is 0 Å². The van der Waals surface area contributed by atoms with E-state index < -0.39 is 0 Å². The van der Waals surface area contributed by atoms with E-state index in [1.165, 1.54) is 11.8 Å². The Morgan fingerprint density at radius 2 is 2.11 bits per heavy atom. The molecule has 0 aliphatic rings. The van der Waals surface area contributed by atoms with Crippen LogP contribution in [-0.4, -0.2) is 30.4 Å². The maximum absolute atomic E-state index is 12.0. The van der Waals surface area contributed by atoms with Gasteiger partial charge in [0.15, 0.2) is 0 Å². The van der Waals surface area contributed by atoms with E-state index >= 15 is 0 Å². The van der Waals surface area contributed by atoms with Gasteiger partial charge in [0.05, 0.1) is 15.6 Å². The summed E-state index contributed by atoms with van der Waals surface area (Å²) in [5.41, 5.74) is 0.423. The lowest BCUT2D eigenvalue weighted by molar-refractivity contribution is 0.0945. The number of hydrogen-bond donors (Lipinski definition) is 2. The van der Waals surface area contributed by atoms with Crippen molar-refractivity contribution in [2.75, 3.05) is 19.4 Å². The van der Waals surface area contributed by atoms with Gasteiger partial charge in [0, 0.05) is 18.0 Å². The largest absolute Gasteiger partial charge is 0.396 e. The summed E-state index contributed by atoms with van der Waals surface area (Å²) in [4.78, 5) is 12.9. The van der Waals surface area contributed by atoms with Gasteiger partial charge in [-0.25, -0.2) is 0 Å². The van der Waals surface area contributed by atoms with Crippen molar-refractivity contribution in [1.82, 2.24) is 5.32 Å². The summed E-state index contributed by atoms with van der Waals surface area (Å²) < 4.78 is 0. The summed E-state index contributed by atoms with van der Waals surface area (Å²) in [5.74, 6) is 0.00167. The lowest BCUT2D eigenvalue weighted by Crippen LogP contribution is -2.28. The minimum Gasteiger partial charge on any atom is -0.396 e. The van der Waals surface area contributed by atoms with Crippen LogP contribution < -0.4 is 5.32 Å². The summed E-state index contributed by atoms with van der Waals surface area (Å²) in [5, 5.41) is 12.5. The van der Waals surface area contributed by atoms with Gasteiger partial charge in [-0.15, -0.1) is 11.8 Å². The smallest absolute Gasteiger partial charge is 0.252 e. The van der Waals surface area contributed by atoms with Gasteiger partial charge in [0.1, 0.15) is 0 Å². The Hall–Kier alpha value is -0.420. The van der Waals surface area contributed by atoms with E-state index in [1.54, 1.807) is 12.1 Å². The fraction of sp³-hybridized carbons (Fsp3) is 0.462. The highest BCUT2D eigenvalue weighted by molar-refractivity contribution is 7.98. The molecule has 3 nitrogen and oxygen atoms in total. The van der Waals surface area contributed by atoms with E-state index in [-0.39, 0.29) is 18.4 Å². The van der Waals surface area contributed by atoms with E-state index in [1.807, 2.05) is 13.2 Å². The van der Waals surface area contributed by atoms with Crippen molar-refractivity contribution in [3.63, 3.8) is 0 Å². The Morgan fingerprint density at radius 1 is 1.42 bits per heavy atom. The fourth-order valence-electron chi connectivity index (χ4n) is 1.54. The van der Waals surface area contributed by atoms with Crippen LogP contribution in [0.4, 0.5) is 0 Å². The average molecular weight is 322 g/mol. The van der Waals surface area contributed by atoms with Gasteiger partial charge in [0.2, 0.25) is 0 Å². The van der Waals surface area contributed by atoms with E-state index in [0.717, 1.165) is 4.90 Å². The third-order valence-electron chi connectivity index (χ3n) is 2.72. The van der Waals surface area contributed by atoms with Crippen LogP contribution in [0, 0.1) is 5.92 Å². The Bertz CT molecular complexity index is 455.